The number of hydrogen-bond donors (Lipinski definition) is 0. The molecule has 0 spiro atoms. The van der Waals surface area contributed by atoms with Crippen LogP contribution in [-0.2, 0) is 4.79 Å². The third-order valence-electron chi connectivity index (χ3n) is 1.68. The number of carbonyl (C=O) groups excluding carboxylic acids is 1. The van der Waals surface area contributed by atoms with Crippen LogP contribution in [0.3, 0.4) is 0 Å². The highest BCUT2D eigenvalue weighted by molar-refractivity contribution is 6.35. The van der Waals surface area contributed by atoms with Gasteiger partial charge in [-0.1, -0.05) is 36.8 Å². The second kappa shape index (κ2) is 9.20. The summed E-state index contributed by atoms with van der Waals surface area (Å²) < 4.78 is 0. The quantitative estimate of drug-likeness (QED) is 0.313. The summed E-state index contributed by atoms with van der Waals surface area (Å²) in [4.78, 5) is 9.91. The molecule has 10 heavy (non-hydrogen) atoms. The van der Waals surface area contributed by atoms with E-state index in [9.17, 15) is 4.79 Å². The van der Waals surface area contributed by atoms with Crippen LogP contribution in [0.15, 0.2) is 0 Å². The first kappa shape index (κ1) is 10.2. The molecule has 0 fully saturated rings. The summed E-state index contributed by atoms with van der Waals surface area (Å²) in [6.45, 7) is 2.24. The van der Waals surface area contributed by atoms with Crippen LogP contribution in [0.5, 0.6) is 0 Å². The smallest absolute Gasteiger partial charge is 0.236 e. The van der Waals surface area contributed by atoms with Crippen LogP contribution < -0.4 is 0 Å². The molecule has 0 aromatic carbocycles. The van der Waals surface area contributed by atoms with Gasteiger partial charge in [0, 0.05) is 6.42 Å². The van der Waals surface area contributed by atoms with Crippen molar-refractivity contribution in [2.45, 2.75) is 43.2 Å². The molecular weight excluding hydrogens is 139 g/mol. The van der Waals surface area contributed by atoms with E-state index in [0.717, 1.165) is 19.1 Å². The topological polar surface area (TPSA) is 17.1 Å². The van der Waals surface area contributed by atoms with Gasteiger partial charge in [0.25, 0.3) is 0 Å². The van der Waals surface area contributed by atoms with Crippen molar-refractivity contribution in [1.82, 2.24) is 0 Å². The molecule has 0 aliphatic rings. The monoisotopic (exact) mass is 156 g/mol. The number of rotatable bonds is 7. The first-order valence-electron chi connectivity index (χ1n) is 4.35. The maximum Gasteiger partial charge on any atom is 0.236 e. The van der Waals surface area contributed by atoms with Crippen LogP contribution in [-0.4, -0.2) is 21.5 Å². The van der Waals surface area contributed by atoms with Crippen molar-refractivity contribution in [3.8, 4) is 0 Å². The highest BCUT2D eigenvalue weighted by Gasteiger charge is 1.92. The van der Waals surface area contributed by atoms with E-state index in [1.54, 1.807) is 0 Å². The maximum atomic E-state index is 9.91. The van der Waals surface area contributed by atoms with Crippen LogP contribution in [0.4, 0.5) is 0 Å². The molecule has 0 aromatic rings. The minimum absolute atomic E-state index is 0.221. The second-order valence-electron chi connectivity index (χ2n) is 2.72. The molecule has 58 valence electrons. The molecular formula is C8H17AlO. The summed E-state index contributed by atoms with van der Waals surface area (Å²) in [7, 11) is 0. The highest BCUT2D eigenvalue weighted by atomic mass is 27.1. The van der Waals surface area contributed by atoms with Crippen molar-refractivity contribution in [3.05, 3.63) is 0 Å². The van der Waals surface area contributed by atoms with E-state index < -0.39 is 0 Å². The van der Waals surface area contributed by atoms with Gasteiger partial charge in [0.1, 0.15) is 6.29 Å². The Morgan fingerprint density at radius 1 is 1.30 bits per heavy atom. The second-order valence-corrected chi connectivity index (χ2v) is 4.84. The lowest BCUT2D eigenvalue weighted by Crippen LogP contribution is -1.88. The molecule has 0 aromatic heterocycles. The zero-order valence-corrected chi connectivity index (χ0v) is 8.35. The zero-order valence-electron chi connectivity index (χ0n) is 6.94. The minimum atomic E-state index is 0.221. The Morgan fingerprint density at radius 3 is 2.60 bits per heavy atom. The number of aldehydes is 1. The number of carbonyl (C=O) groups is 1. The van der Waals surface area contributed by atoms with Gasteiger partial charge < -0.3 is 4.79 Å². The standard InChI is InChI=1S/C4H7O.C4H9.Al.H/c1-2-3-4-5;1-3-4-2;;/h4H,1-3H2;1,3-4H2,2H3;;. The van der Waals surface area contributed by atoms with Gasteiger partial charge in [-0.3, -0.25) is 0 Å². The van der Waals surface area contributed by atoms with Crippen LogP contribution in [0, 0.1) is 0 Å². The normalized spacial score (nSPS) is 9.30. The molecule has 0 atom stereocenters. The molecule has 0 saturated heterocycles. The lowest BCUT2D eigenvalue weighted by molar-refractivity contribution is -0.107. The Bertz CT molecular complexity index is 73.7. The number of hydrogen-bond acceptors (Lipinski definition) is 1. The first-order chi connectivity index (χ1) is 4.91. The number of unbranched alkanes of at least 4 members (excludes halogenated alkanes) is 2. The molecule has 0 bridgehead atoms. The molecule has 0 unspecified atom stereocenters. The van der Waals surface area contributed by atoms with Crippen molar-refractivity contribution in [1.29, 1.82) is 0 Å². The molecule has 0 radical (unpaired) electrons. The largest absolute Gasteiger partial charge is 0.303 e. The molecule has 1 nitrogen and oxygen atoms in total. The average molecular weight is 156 g/mol. The van der Waals surface area contributed by atoms with E-state index in [1.807, 2.05) is 0 Å². The van der Waals surface area contributed by atoms with Crippen molar-refractivity contribution in [2.24, 2.45) is 0 Å². The Morgan fingerprint density at radius 2 is 2.00 bits per heavy atom. The minimum Gasteiger partial charge on any atom is -0.303 e. The Labute approximate surface area is 69.9 Å². The fourth-order valence-electron chi connectivity index (χ4n) is 1.01. The van der Waals surface area contributed by atoms with Crippen molar-refractivity contribution >= 4 is 21.5 Å². The third kappa shape index (κ3) is 8.20. The summed E-state index contributed by atoms with van der Waals surface area (Å²) in [6, 6.07) is 0. The van der Waals surface area contributed by atoms with Gasteiger partial charge in [-0.05, 0) is 0 Å². The van der Waals surface area contributed by atoms with E-state index in [1.165, 1.54) is 23.4 Å². The van der Waals surface area contributed by atoms with Gasteiger partial charge in [0.15, 0.2) is 0 Å². The predicted molar refractivity (Wildman–Crippen MR) is 47.0 cm³/mol. The van der Waals surface area contributed by atoms with Gasteiger partial charge in [-0.25, -0.2) is 0 Å². The molecule has 2 heteroatoms. The summed E-state index contributed by atoms with van der Waals surface area (Å²) in [5, 5.41) is 2.86. The molecule has 0 N–H and O–H groups in total. The third-order valence-corrected chi connectivity index (χ3v) is 3.68. The van der Waals surface area contributed by atoms with Gasteiger partial charge in [0.05, 0.1) is 0 Å². The van der Waals surface area contributed by atoms with Crippen molar-refractivity contribution < 1.29 is 4.79 Å². The van der Waals surface area contributed by atoms with E-state index >= 15 is 0 Å². The van der Waals surface area contributed by atoms with Crippen LogP contribution in [0.25, 0.3) is 0 Å². The van der Waals surface area contributed by atoms with E-state index in [2.05, 4.69) is 6.92 Å². The van der Waals surface area contributed by atoms with Crippen LogP contribution in [0.1, 0.15) is 32.6 Å². The van der Waals surface area contributed by atoms with E-state index in [4.69, 9.17) is 0 Å². The maximum absolute atomic E-state index is 9.91. The summed E-state index contributed by atoms with van der Waals surface area (Å²) in [5.74, 6) is 0. The molecule has 0 heterocycles. The summed E-state index contributed by atoms with van der Waals surface area (Å²) in [5.41, 5.74) is 0. The molecule has 0 aliphatic carbocycles. The highest BCUT2D eigenvalue weighted by Crippen LogP contribution is 1.99. The van der Waals surface area contributed by atoms with Gasteiger partial charge >= 0.3 is 0 Å². The van der Waals surface area contributed by atoms with E-state index in [0.29, 0.717) is 0 Å². The van der Waals surface area contributed by atoms with Gasteiger partial charge in [-0.15, -0.1) is 0 Å². The summed E-state index contributed by atoms with van der Waals surface area (Å²) >= 11 is 0.221. The van der Waals surface area contributed by atoms with Crippen molar-refractivity contribution in [3.63, 3.8) is 0 Å². The van der Waals surface area contributed by atoms with E-state index in [-0.39, 0.29) is 15.2 Å². The van der Waals surface area contributed by atoms with Crippen LogP contribution in [0.2, 0.25) is 10.6 Å². The molecule has 0 rings (SSSR count). The Balaban J connectivity index is 2.70. The predicted octanol–water partition coefficient (Wildman–Crippen LogP) is 2.04. The fraction of sp³-hybridized carbons (Fsp3) is 0.875. The molecule has 0 amide bonds. The summed E-state index contributed by atoms with van der Waals surface area (Å²) in [6.07, 6.45) is 5.72. The van der Waals surface area contributed by atoms with Crippen LogP contribution >= 0.6 is 0 Å². The first-order valence-corrected chi connectivity index (χ1v) is 6.35. The molecule has 0 aliphatic heterocycles. The average Bonchev–Trinajstić information content (AvgIpc) is 1.97. The fourth-order valence-corrected chi connectivity index (χ4v) is 2.86. The van der Waals surface area contributed by atoms with Gasteiger partial charge in [0.2, 0.25) is 15.2 Å². The Hall–Kier alpha value is 0.202. The SMILES string of the molecule is CCC[CH2][AlH][CH2]CCC=O. The van der Waals surface area contributed by atoms with Crippen molar-refractivity contribution in [2.75, 3.05) is 0 Å². The Kier molecular flexibility index (Phi) is 9.39. The zero-order chi connectivity index (χ0) is 7.66. The van der Waals surface area contributed by atoms with Gasteiger partial charge in [-0.2, -0.15) is 0 Å². The lowest BCUT2D eigenvalue weighted by atomic mass is 10.4. The molecule has 0 saturated carbocycles. The lowest BCUT2D eigenvalue weighted by Gasteiger charge is -1.92.